The summed E-state index contributed by atoms with van der Waals surface area (Å²) in [4.78, 5) is 9.62. The lowest BCUT2D eigenvalue weighted by molar-refractivity contribution is 0.386. The van der Waals surface area contributed by atoms with E-state index in [4.69, 9.17) is 11.1 Å². The number of hydrogen-bond acceptors (Lipinski definition) is 6. The van der Waals surface area contributed by atoms with Crippen molar-refractivity contribution in [2.75, 3.05) is 41.3 Å². The van der Waals surface area contributed by atoms with E-state index in [2.05, 4.69) is 20.1 Å². The Morgan fingerprint density at radius 2 is 1.00 bits per heavy atom. The van der Waals surface area contributed by atoms with Crippen LogP contribution in [-0.2, 0) is 9.84 Å². The lowest BCUT2D eigenvalue weighted by atomic mass is 10.00. The van der Waals surface area contributed by atoms with E-state index < -0.39 is 20.3 Å². The molecule has 0 aliphatic carbocycles. The van der Waals surface area contributed by atoms with Crippen molar-refractivity contribution < 1.29 is 8.42 Å². The maximum Gasteiger partial charge on any atom is 0.166 e. The molecule has 10 nitrogen and oxygen atoms in total. The summed E-state index contributed by atoms with van der Waals surface area (Å²) in [6, 6.07) is 21.7. The van der Waals surface area contributed by atoms with Crippen molar-refractivity contribution in [3.05, 3.63) is 105 Å². The van der Waals surface area contributed by atoms with Gasteiger partial charge >= 0.3 is 0 Å². The number of azide groups is 2. The Labute approximate surface area is 227 Å². The first-order valence-electron chi connectivity index (χ1n) is 12.3. The Bertz CT molecular complexity index is 1600. The minimum absolute atomic E-state index is 0.256. The molecule has 4 aromatic rings. The fourth-order valence-electron chi connectivity index (χ4n) is 5.09. The third-order valence-electron chi connectivity index (χ3n) is 6.72. The number of benzene rings is 4. The molecule has 0 heterocycles. The van der Waals surface area contributed by atoms with Crippen LogP contribution in [0.5, 0.6) is 0 Å². The van der Waals surface area contributed by atoms with E-state index in [1.54, 1.807) is 36.4 Å². The number of fused-ring (bicyclic) bond motifs is 2. The first-order valence-corrected chi connectivity index (χ1v) is 14.0. The van der Waals surface area contributed by atoms with E-state index in [0.29, 0.717) is 33.3 Å². The van der Waals surface area contributed by atoms with Crippen LogP contribution in [-0.4, -0.2) is 59.5 Å². The van der Waals surface area contributed by atoms with Gasteiger partial charge in [0.2, 0.25) is 0 Å². The second-order valence-corrected chi connectivity index (χ2v) is 12.2. The van der Waals surface area contributed by atoms with Crippen LogP contribution in [0.15, 0.2) is 83.0 Å². The van der Waals surface area contributed by atoms with E-state index in [1.807, 2.05) is 74.4 Å². The summed E-state index contributed by atoms with van der Waals surface area (Å²) in [5, 5.41) is 8.72. The van der Waals surface area contributed by atoms with Crippen molar-refractivity contribution in [1.29, 1.82) is 0 Å². The molecule has 0 saturated carbocycles. The maximum atomic E-state index is 14.8. The second-order valence-electron chi connectivity index (χ2n) is 9.91. The van der Waals surface area contributed by atoms with Gasteiger partial charge in [-0.25, -0.2) is 8.42 Å². The molecule has 0 amide bonds. The summed E-state index contributed by atoms with van der Waals surface area (Å²) in [6.45, 7) is 0.512. The third kappa shape index (κ3) is 5.68. The summed E-state index contributed by atoms with van der Waals surface area (Å²) in [7, 11) is 3.52. The van der Waals surface area contributed by atoms with Gasteiger partial charge in [-0.1, -0.05) is 83.0 Å². The van der Waals surface area contributed by atoms with Gasteiger partial charge in [0, 0.05) is 34.3 Å². The first-order chi connectivity index (χ1) is 18.7. The number of nitrogens with zero attached hydrogens (tertiary/aromatic N) is 8. The molecule has 0 radical (unpaired) electrons. The number of sulfone groups is 1. The van der Waals surface area contributed by atoms with E-state index in [0.717, 1.165) is 10.8 Å². The second kappa shape index (κ2) is 11.7. The predicted octanol–water partition coefficient (Wildman–Crippen LogP) is 7.20. The zero-order valence-corrected chi connectivity index (χ0v) is 23.1. The Morgan fingerprint density at radius 3 is 1.36 bits per heavy atom. The SMILES string of the molecule is CN(C)CC(c1cccc2c(N=[N+]=[N-])cccc12)S(=O)(=O)C(CN(C)C)c1cccc2c(N=[N+]=[N-])cccc12. The van der Waals surface area contributed by atoms with Crippen LogP contribution in [0.25, 0.3) is 42.4 Å². The van der Waals surface area contributed by atoms with Gasteiger partial charge in [0.05, 0.1) is 0 Å². The van der Waals surface area contributed by atoms with E-state index in [1.165, 1.54) is 0 Å². The topological polar surface area (TPSA) is 138 Å². The highest BCUT2D eigenvalue weighted by molar-refractivity contribution is 7.92. The van der Waals surface area contributed by atoms with Gasteiger partial charge in [-0.05, 0) is 71.9 Å². The standard InChI is InChI=1S/C28H30N8O2S/c1-35(2)17-27(23-13-5-11-21-19(23)9-7-15-25(21)31-33-29)39(37,38)28(18-36(3)4)24-14-6-12-22-20(24)10-8-16-26(22)32-34-30/h5-16,27-28H,17-18H2,1-4H3. The van der Waals surface area contributed by atoms with E-state index >= 15 is 0 Å². The van der Waals surface area contributed by atoms with Gasteiger partial charge in [0.1, 0.15) is 10.5 Å². The van der Waals surface area contributed by atoms with Crippen molar-refractivity contribution in [3.63, 3.8) is 0 Å². The lowest BCUT2D eigenvalue weighted by Crippen LogP contribution is -2.34. The number of likely N-dealkylation sites (N-methyl/N-ethyl adjacent to an activating group) is 2. The highest BCUT2D eigenvalue weighted by atomic mass is 32.2. The van der Waals surface area contributed by atoms with Gasteiger partial charge in [-0.2, -0.15) is 0 Å². The minimum Gasteiger partial charge on any atom is -0.308 e. The van der Waals surface area contributed by atoms with Crippen LogP contribution >= 0.6 is 0 Å². The molecule has 0 fully saturated rings. The van der Waals surface area contributed by atoms with Gasteiger partial charge in [0.25, 0.3) is 0 Å². The van der Waals surface area contributed by atoms with Crippen molar-refractivity contribution >= 4 is 42.8 Å². The third-order valence-corrected chi connectivity index (χ3v) is 9.11. The number of hydrogen-bond donors (Lipinski definition) is 0. The molecule has 0 aliphatic rings. The minimum atomic E-state index is -3.88. The molecule has 2 atom stereocenters. The Morgan fingerprint density at radius 1 is 0.641 bits per heavy atom. The van der Waals surface area contributed by atoms with Gasteiger partial charge in [-0.3, -0.25) is 0 Å². The summed E-state index contributed by atoms with van der Waals surface area (Å²) < 4.78 is 29.6. The zero-order valence-electron chi connectivity index (χ0n) is 22.3. The van der Waals surface area contributed by atoms with Crippen molar-refractivity contribution in [1.82, 2.24) is 9.80 Å². The smallest absolute Gasteiger partial charge is 0.166 e. The fourth-order valence-corrected chi connectivity index (χ4v) is 7.62. The molecule has 0 bridgehead atoms. The molecule has 11 heteroatoms. The zero-order chi connectivity index (χ0) is 28.2. The summed E-state index contributed by atoms with van der Waals surface area (Å²) >= 11 is 0. The summed E-state index contributed by atoms with van der Waals surface area (Å²) in [5.74, 6) is 0. The highest BCUT2D eigenvalue weighted by Crippen LogP contribution is 2.42. The molecule has 0 aliphatic heterocycles. The molecular formula is C28H30N8O2S. The van der Waals surface area contributed by atoms with Crippen LogP contribution < -0.4 is 0 Å². The molecule has 0 saturated heterocycles. The maximum absolute atomic E-state index is 14.8. The highest BCUT2D eigenvalue weighted by Gasteiger charge is 2.38. The molecule has 4 rings (SSSR count). The molecular weight excluding hydrogens is 512 g/mol. The first kappa shape index (κ1) is 27.9. The predicted molar refractivity (Wildman–Crippen MR) is 157 cm³/mol. The van der Waals surface area contributed by atoms with Crippen molar-refractivity contribution in [2.45, 2.75) is 10.5 Å². The van der Waals surface area contributed by atoms with Crippen molar-refractivity contribution in [3.8, 4) is 0 Å². The average Bonchev–Trinajstić information content (AvgIpc) is 2.90. The Hall–Kier alpha value is -4.11. The average molecular weight is 543 g/mol. The van der Waals surface area contributed by atoms with E-state index in [-0.39, 0.29) is 13.1 Å². The molecule has 4 aromatic carbocycles. The van der Waals surface area contributed by atoms with Crippen LogP contribution in [0, 0.1) is 0 Å². The lowest BCUT2D eigenvalue weighted by Gasteiger charge is -2.30. The molecule has 0 N–H and O–H groups in total. The Kier molecular flexibility index (Phi) is 8.40. The normalized spacial score (nSPS) is 13.3. The largest absolute Gasteiger partial charge is 0.308 e. The van der Waals surface area contributed by atoms with Gasteiger partial charge in [-0.15, -0.1) is 0 Å². The van der Waals surface area contributed by atoms with Crippen molar-refractivity contribution in [2.24, 2.45) is 10.2 Å². The summed E-state index contributed by atoms with van der Waals surface area (Å²) in [5.41, 5.74) is 20.3. The monoisotopic (exact) mass is 542 g/mol. The number of rotatable bonds is 10. The molecule has 39 heavy (non-hydrogen) atoms. The van der Waals surface area contributed by atoms with Gasteiger partial charge < -0.3 is 9.80 Å². The van der Waals surface area contributed by atoms with Crippen LogP contribution in [0.1, 0.15) is 21.6 Å². The molecule has 200 valence electrons. The molecule has 0 spiro atoms. The van der Waals surface area contributed by atoms with Crippen LogP contribution in [0.3, 0.4) is 0 Å². The quantitative estimate of drug-likeness (QED) is 0.119. The van der Waals surface area contributed by atoms with E-state index in [9.17, 15) is 8.42 Å². The fraction of sp³-hybridized carbons (Fsp3) is 0.286. The van der Waals surface area contributed by atoms with Crippen LogP contribution in [0.2, 0.25) is 0 Å². The molecule has 0 aromatic heterocycles. The van der Waals surface area contributed by atoms with Gasteiger partial charge in [0.15, 0.2) is 9.84 Å². The summed E-state index contributed by atoms with van der Waals surface area (Å²) in [6.07, 6.45) is 0. The molecule has 2 unspecified atom stereocenters. The van der Waals surface area contributed by atoms with Crippen LogP contribution in [0.4, 0.5) is 11.4 Å². The Balaban J connectivity index is 1.99.